The predicted molar refractivity (Wildman–Crippen MR) is 114 cm³/mol. The normalized spacial score (nSPS) is 21.2. The Kier molecular flexibility index (Phi) is 7.80. The van der Waals surface area contributed by atoms with E-state index >= 15 is 0 Å². The highest BCUT2D eigenvalue weighted by Crippen LogP contribution is 2.39. The number of hydrogen-bond acceptors (Lipinski definition) is 5. The highest BCUT2D eigenvalue weighted by molar-refractivity contribution is 9.10. The van der Waals surface area contributed by atoms with E-state index in [1.165, 1.54) is 0 Å². The molecule has 0 saturated heterocycles. The second-order valence-corrected chi connectivity index (χ2v) is 7.69. The number of nitrogens with one attached hydrogen (secondary N) is 1. The summed E-state index contributed by atoms with van der Waals surface area (Å²) in [7, 11) is 0. The number of nitrogens with zero attached hydrogens (tertiary/aromatic N) is 1. The number of carbonyl (C=O) groups excluding carboxylic acids is 1. The van der Waals surface area contributed by atoms with Crippen LogP contribution < -0.4 is 5.32 Å². The molecule has 1 aliphatic heterocycles. The Morgan fingerprint density at radius 2 is 2.10 bits per heavy atom. The van der Waals surface area contributed by atoms with E-state index < -0.39 is 6.29 Å². The molecule has 1 aliphatic rings. The second-order valence-electron chi connectivity index (χ2n) is 6.78. The van der Waals surface area contributed by atoms with Gasteiger partial charge in [-0.05, 0) is 55.7 Å². The first-order valence-corrected chi connectivity index (χ1v) is 10.5. The standard InChI is InChI=1S/C22H25BrN2O4/c1-2-28-22-18(6-4-12-26)19(15-7-9-16(23)10-8-15)13-20(29-22)21(27)25-17-5-3-11-24-14-17/h3,5,7-11,13-14,18-19,22,26H,2,4,6,12H2,1H3,(H,25,27)/t18-,19+,22+/m0/s1. The van der Waals surface area contributed by atoms with Gasteiger partial charge in [-0.25, -0.2) is 0 Å². The number of rotatable bonds is 8. The lowest BCUT2D eigenvalue weighted by molar-refractivity contribution is -0.165. The van der Waals surface area contributed by atoms with Gasteiger partial charge in [-0.2, -0.15) is 0 Å². The van der Waals surface area contributed by atoms with Crippen LogP contribution in [0.25, 0.3) is 0 Å². The zero-order valence-corrected chi connectivity index (χ0v) is 17.8. The molecule has 154 valence electrons. The number of halogens is 1. The fourth-order valence-corrected chi connectivity index (χ4v) is 3.72. The van der Waals surface area contributed by atoms with E-state index in [9.17, 15) is 9.90 Å². The van der Waals surface area contributed by atoms with Gasteiger partial charge in [0.05, 0.1) is 11.9 Å². The molecule has 1 aromatic heterocycles. The van der Waals surface area contributed by atoms with Crippen molar-refractivity contribution in [1.82, 2.24) is 4.98 Å². The number of allylic oxidation sites excluding steroid dienone is 1. The van der Waals surface area contributed by atoms with Crippen LogP contribution in [0.1, 0.15) is 31.2 Å². The number of ether oxygens (including phenoxy) is 2. The summed E-state index contributed by atoms with van der Waals surface area (Å²) in [5.74, 6) is -0.210. The monoisotopic (exact) mass is 460 g/mol. The van der Waals surface area contributed by atoms with Gasteiger partial charge in [-0.3, -0.25) is 9.78 Å². The summed E-state index contributed by atoms with van der Waals surface area (Å²) in [5.41, 5.74) is 1.66. The third-order valence-corrected chi connectivity index (χ3v) is 5.34. The largest absolute Gasteiger partial charge is 0.459 e. The molecule has 2 aromatic rings. The van der Waals surface area contributed by atoms with Crippen molar-refractivity contribution in [2.45, 2.75) is 32.0 Å². The minimum absolute atomic E-state index is 0.0155. The van der Waals surface area contributed by atoms with Gasteiger partial charge in [0.1, 0.15) is 0 Å². The number of benzene rings is 1. The van der Waals surface area contributed by atoms with Crippen molar-refractivity contribution >= 4 is 27.5 Å². The molecule has 2 heterocycles. The fourth-order valence-electron chi connectivity index (χ4n) is 3.46. The van der Waals surface area contributed by atoms with Crippen LogP contribution >= 0.6 is 15.9 Å². The van der Waals surface area contributed by atoms with E-state index in [1.807, 2.05) is 37.3 Å². The van der Waals surface area contributed by atoms with Gasteiger partial charge >= 0.3 is 0 Å². The molecule has 0 saturated carbocycles. The first-order valence-electron chi connectivity index (χ1n) is 9.70. The Morgan fingerprint density at radius 1 is 1.31 bits per heavy atom. The SMILES string of the molecule is CCO[C@@H]1OC(C(=O)Nc2cccnc2)=C[C@H](c2ccc(Br)cc2)[C@@H]1CCCO. The van der Waals surface area contributed by atoms with Crippen molar-refractivity contribution in [3.05, 3.63) is 70.7 Å². The van der Waals surface area contributed by atoms with Crippen LogP contribution in [0.5, 0.6) is 0 Å². The van der Waals surface area contributed by atoms with Crippen LogP contribution in [0.2, 0.25) is 0 Å². The molecule has 0 spiro atoms. The fraction of sp³-hybridized carbons (Fsp3) is 0.364. The van der Waals surface area contributed by atoms with Crippen molar-refractivity contribution < 1.29 is 19.4 Å². The molecule has 3 atom stereocenters. The maximum atomic E-state index is 12.8. The molecular weight excluding hydrogens is 436 g/mol. The van der Waals surface area contributed by atoms with E-state index in [2.05, 4.69) is 26.2 Å². The molecule has 0 fully saturated rings. The van der Waals surface area contributed by atoms with Gasteiger partial charge in [0.15, 0.2) is 5.76 Å². The Bertz CT molecular complexity index is 826. The van der Waals surface area contributed by atoms with E-state index in [4.69, 9.17) is 9.47 Å². The summed E-state index contributed by atoms with van der Waals surface area (Å²) in [5, 5.41) is 12.2. The lowest BCUT2D eigenvalue weighted by atomic mass is 9.80. The van der Waals surface area contributed by atoms with Gasteiger partial charge in [0.25, 0.3) is 5.91 Å². The van der Waals surface area contributed by atoms with Crippen molar-refractivity contribution in [2.75, 3.05) is 18.5 Å². The van der Waals surface area contributed by atoms with Crippen LogP contribution in [0, 0.1) is 5.92 Å². The number of carbonyl (C=O) groups is 1. The summed E-state index contributed by atoms with van der Waals surface area (Å²) in [6.07, 6.45) is 5.86. The zero-order chi connectivity index (χ0) is 20.6. The van der Waals surface area contributed by atoms with Crippen molar-refractivity contribution in [2.24, 2.45) is 5.92 Å². The van der Waals surface area contributed by atoms with E-state index in [0.29, 0.717) is 18.7 Å². The molecule has 0 radical (unpaired) electrons. The molecule has 0 bridgehead atoms. The van der Waals surface area contributed by atoms with Crippen LogP contribution in [0.3, 0.4) is 0 Å². The molecule has 1 aromatic carbocycles. The maximum absolute atomic E-state index is 12.8. The molecule has 7 heteroatoms. The van der Waals surface area contributed by atoms with E-state index in [0.717, 1.165) is 16.5 Å². The Morgan fingerprint density at radius 3 is 2.76 bits per heavy atom. The summed E-state index contributed by atoms with van der Waals surface area (Å²) >= 11 is 3.47. The van der Waals surface area contributed by atoms with E-state index in [-0.39, 0.29) is 30.1 Å². The second kappa shape index (κ2) is 10.5. The van der Waals surface area contributed by atoms with Crippen molar-refractivity contribution in [1.29, 1.82) is 0 Å². The number of aliphatic hydroxyl groups excluding tert-OH is 1. The molecular formula is C22H25BrN2O4. The van der Waals surface area contributed by atoms with Gasteiger partial charge < -0.3 is 19.9 Å². The average molecular weight is 461 g/mol. The van der Waals surface area contributed by atoms with Crippen LogP contribution in [0.15, 0.2) is 65.1 Å². The number of aliphatic hydroxyl groups is 1. The van der Waals surface area contributed by atoms with Gasteiger partial charge in [0.2, 0.25) is 6.29 Å². The molecule has 0 unspecified atom stereocenters. The minimum atomic E-state index is -0.570. The number of anilines is 1. The van der Waals surface area contributed by atoms with Gasteiger partial charge in [0, 0.05) is 35.7 Å². The van der Waals surface area contributed by atoms with Crippen molar-refractivity contribution in [3.63, 3.8) is 0 Å². The molecule has 0 aliphatic carbocycles. The first kappa shape index (κ1) is 21.5. The smallest absolute Gasteiger partial charge is 0.290 e. The molecule has 6 nitrogen and oxygen atoms in total. The van der Waals surface area contributed by atoms with Gasteiger partial charge in [-0.1, -0.05) is 28.1 Å². The van der Waals surface area contributed by atoms with Crippen LogP contribution in [0.4, 0.5) is 5.69 Å². The quantitative estimate of drug-likeness (QED) is 0.615. The van der Waals surface area contributed by atoms with Crippen LogP contribution in [-0.4, -0.2) is 35.5 Å². The summed E-state index contributed by atoms with van der Waals surface area (Å²) in [6.45, 7) is 2.46. The number of hydrogen-bond donors (Lipinski definition) is 2. The molecule has 1 amide bonds. The number of aromatic nitrogens is 1. The Labute approximate surface area is 179 Å². The summed E-state index contributed by atoms with van der Waals surface area (Å²) in [4.78, 5) is 16.8. The van der Waals surface area contributed by atoms with Crippen molar-refractivity contribution in [3.8, 4) is 0 Å². The Hall–Kier alpha value is -2.22. The lowest BCUT2D eigenvalue weighted by Gasteiger charge is -2.37. The molecule has 29 heavy (non-hydrogen) atoms. The third-order valence-electron chi connectivity index (χ3n) is 4.81. The topological polar surface area (TPSA) is 80.7 Å². The molecule has 3 rings (SSSR count). The maximum Gasteiger partial charge on any atom is 0.290 e. The number of pyridine rings is 1. The predicted octanol–water partition coefficient (Wildman–Crippen LogP) is 4.23. The number of amides is 1. The first-order chi connectivity index (χ1) is 14.1. The zero-order valence-electron chi connectivity index (χ0n) is 16.3. The highest BCUT2D eigenvalue weighted by atomic mass is 79.9. The Balaban J connectivity index is 1.92. The average Bonchev–Trinajstić information content (AvgIpc) is 2.74. The third kappa shape index (κ3) is 5.65. The van der Waals surface area contributed by atoms with E-state index in [1.54, 1.807) is 24.5 Å². The molecule has 2 N–H and O–H groups in total. The minimum Gasteiger partial charge on any atom is -0.459 e. The summed E-state index contributed by atoms with van der Waals surface area (Å²) < 4.78 is 12.8. The summed E-state index contributed by atoms with van der Waals surface area (Å²) in [6, 6.07) is 11.5. The van der Waals surface area contributed by atoms with Crippen LogP contribution in [-0.2, 0) is 14.3 Å². The van der Waals surface area contributed by atoms with Gasteiger partial charge in [-0.15, -0.1) is 0 Å². The lowest BCUT2D eigenvalue weighted by Crippen LogP contribution is -2.37. The highest BCUT2D eigenvalue weighted by Gasteiger charge is 2.37.